The van der Waals surface area contributed by atoms with Crippen LogP contribution in [0.15, 0.2) is 71.5 Å². The van der Waals surface area contributed by atoms with Crippen molar-refractivity contribution in [2.45, 2.75) is 12.8 Å². The summed E-state index contributed by atoms with van der Waals surface area (Å²) in [6.07, 6.45) is -3.72. The molecule has 30 heavy (non-hydrogen) atoms. The number of nitrogens with zero attached hydrogens (tertiary/aromatic N) is 1. The Kier molecular flexibility index (Phi) is 3.95. The van der Waals surface area contributed by atoms with Gasteiger partial charge in [-0.2, -0.15) is 0 Å². The summed E-state index contributed by atoms with van der Waals surface area (Å²) in [6.45, 7) is -0.0775. The average molecular weight is 408 g/mol. The van der Waals surface area contributed by atoms with Gasteiger partial charge in [0, 0.05) is 22.5 Å². The Balaban J connectivity index is 1.50. The van der Waals surface area contributed by atoms with Gasteiger partial charge < -0.3 is 19.4 Å². The molecule has 4 aromatic rings. The van der Waals surface area contributed by atoms with Crippen molar-refractivity contribution in [1.29, 1.82) is 0 Å². The van der Waals surface area contributed by atoms with Crippen LogP contribution in [0.5, 0.6) is 11.5 Å². The van der Waals surface area contributed by atoms with Gasteiger partial charge in [0.05, 0.1) is 11.0 Å². The van der Waals surface area contributed by atoms with Crippen LogP contribution in [0.1, 0.15) is 0 Å². The first-order valence-corrected chi connectivity index (χ1v) is 9.11. The number of benzene rings is 3. The Bertz CT molecular complexity index is 1320. The third-order valence-corrected chi connectivity index (χ3v) is 4.87. The van der Waals surface area contributed by atoms with Crippen LogP contribution >= 0.6 is 0 Å². The molecule has 0 saturated carbocycles. The van der Waals surface area contributed by atoms with Crippen molar-refractivity contribution < 1.29 is 23.0 Å². The van der Waals surface area contributed by atoms with E-state index in [0.29, 0.717) is 21.8 Å². The molecule has 0 spiro atoms. The van der Waals surface area contributed by atoms with Crippen LogP contribution < -0.4 is 20.2 Å². The molecule has 2 heterocycles. The SMILES string of the molecule is O=C(Cn1c2ccccc2c(=O)c2ccccc21)Nc1ccc2c(c1)OC(F)(F)O2. The molecule has 5 rings (SSSR count). The van der Waals surface area contributed by atoms with Gasteiger partial charge in [0.2, 0.25) is 5.91 Å². The topological polar surface area (TPSA) is 69.6 Å². The number of amides is 1. The van der Waals surface area contributed by atoms with E-state index in [1.807, 2.05) is 0 Å². The molecule has 0 aliphatic carbocycles. The minimum atomic E-state index is -3.72. The highest BCUT2D eigenvalue weighted by atomic mass is 19.3. The van der Waals surface area contributed by atoms with Gasteiger partial charge in [-0.25, -0.2) is 0 Å². The third kappa shape index (κ3) is 3.02. The summed E-state index contributed by atoms with van der Waals surface area (Å²) in [7, 11) is 0. The molecule has 0 fully saturated rings. The number of ether oxygens (including phenoxy) is 2. The molecule has 1 aliphatic rings. The number of nitrogens with one attached hydrogen (secondary N) is 1. The van der Waals surface area contributed by atoms with E-state index < -0.39 is 6.29 Å². The van der Waals surface area contributed by atoms with Gasteiger partial charge in [-0.05, 0) is 36.4 Å². The average Bonchev–Trinajstić information content (AvgIpc) is 3.04. The molecule has 8 heteroatoms. The van der Waals surface area contributed by atoms with Crippen molar-refractivity contribution in [1.82, 2.24) is 4.57 Å². The molecule has 1 N–H and O–H groups in total. The van der Waals surface area contributed by atoms with Crippen molar-refractivity contribution >= 4 is 33.4 Å². The van der Waals surface area contributed by atoms with Crippen molar-refractivity contribution in [2.24, 2.45) is 0 Å². The minimum absolute atomic E-state index is 0.0775. The predicted octanol–water partition coefficient (Wildman–Crippen LogP) is 4.11. The second-order valence-electron chi connectivity index (χ2n) is 6.83. The van der Waals surface area contributed by atoms with E-state index in [1.54, 1.807) is 53.1 Å². The molecule has 1 amide bonds. The molecule has 1 aliphatic heterocycles. The summed E-state index contributed by atoms with van der Waals surface area (Å²) in [4.78, 5) is 25.5. The molecule has 6 nitrogen and oxygen atoms in total. The summed E-state index contributed by atoms with van der Waals surface area (Å²) >= 11 is 0. The number of rotatable bonds is 3. The third-order valence-electron chi connectivity index (χ3n) is 4.87. The Labute approximate surface area is 168 Å². The standard InChI is InChI=1S/C22H14F2N2O4/c23-22(24)29-18-10-9-13(11-19(18)30-22)25-20(27)12-26-16-7-3-1-5-14(16)21(28)15-6-2-4-8-17(15)26/h1-11H,12H2,(H,25,27). The van der Waals surface area contributed by atoms with Crippen LogP contribution in [0, 0.1) is 0 Å². The fraction of sp³-hybridized carbons (Fsp3) is 0.0909. The van der Waals surface area contributed by atoms with Crippen LogP contribution in [0.25, 0.3) is 21.8 Å². The van der Waals surface area contributed by atoms with E-state index in [2.05, 4.69) is 14.8 Å². The Morgan fingerprint density at radius 2 is 1.50 bits per heavy atom. The first-order chi connectivity index (χ1) is 14.4. The van der Waals surface area contributed by atoms with Gasteiger partial charge in [0.25, 0.3) is 0 Å². The van der Waals surface area contributed by atoms with Gasteiger partial charge in [0.15, 0.2) is 16.9 Å². The number of fused-ring (bicyclic) bond motifs is 3. The number of hydrogen-bond donors (Lipinski definition) is 1. The zero-order chi connectivity index (χ0) is 20.9. The zero-order valence-electron chi connectivity index (χ0n) is 15.4. The number of carbonyl (C=O) groups excluding carboxylic acids is 1. The molecule has 0 unspecified atom stereocenters. The van der Waals surface area contributed by atoms with Crippen molar-refractivity contribution in [3.63, 3.8) is 0 Å². The number of pyridine rings is 1. The largest absolute Gasteiger partial charge is 0.586 e. The summed E-state index contributed by atoms with van der Waals surface area (Å²) in [5, 5.41) is 3.69. The first kappa shape index (κ1) is 18.1. The summed E-state index contributed by atoms with van der Waals surface area (Å²) < 4.78 is 36.9. The number of carbonyl (C=O) groups is 1. The highest BCUT2D eigenvalue weighted by molar-refractivity contribution is 5.97. The van der Waals surface area contributed by atoms with Gasteiger partial charge >= 0.3 is 6.29 Å². The number of alkyl halides is 2. The van der Waals surface area contributed by atoms with E-state index in [1.165, 1.54) is 18.2 Å². The maximum atomic E-state index is 13.2. The highest BCUT2D eigenvalue weighted by Crippen LogP contribution is 2.42. The lowest BCUT2D eigenvalue weighted by molar-refractivity contribution is -0.286. The van der Waals surface area contributed by atoms with Gasteiger partial charge in [-0.1, -0.05) is 24.3 Å². The zero-order valence-corrected chi connectivity index (χ0v) is 15.4. The Morgan fingerprint density at radius 3 is 2.17 bits per heavy atom. The van der Waals surface area contributed by atoms with Crippen LogP contribution in [0.2, 0.25) is 0 Å². The van der Waals surface area contributed by atoms with Crippen molar-refractivity contribution in [3.05, 3.63) is 77.0 Å². The van der Waals surface area contributed by atoms with Crippen molar-refractivity contribution in [2.75, 3.05) is 5.32 Å². The fourth-order valence-corrected chi connectivity index (χ4v) is 3.62. The monoisotopic (exact) mass is 408 g/mol. The molecule has 0 saturated heterocycles. The minimum Gasteiger partial charge on any atom is -0.395 e. The van der Waals surface area contributed by atoms with Gasteiger partial charge in [0.1, 0.15) is 6.54 Å². The molecular formula is C22H14F2N2O4. The lowest BCUT2D eigenvalue weighted by Crippen LogP contribution is -2.25. The molecule has 3 aromatic carbocycles. The van der Waals surface area contributed by atoms with Gasteiger partial charge in [-0.3, -0.25) is 9.59 Å². The maximum absolute atomic E-state index is 13.2. The van der Waals surface area contributed by atoms with Crippen LogP contribution in [-0.2, 0) is 11.3 Å². The summed E-state index contributed by atoms with van der Waals surface area (Å²) in [5.74, 6) is -0.646. The normalized spacial score (nSPS) is 14.2. The maximum Gasteiger partial charge on any atom is 0.586 e. The lowest BCUT2D eigenvalue weighted by Gasteiger charge is -2.15. The van der Waals surface area contributed by atoms with Crippen LogP contribution in [-0.4, -0.2) is 16.8 Å². The number of hydrogen-bond acceptors (Lipinski definition) is 4. The first-order valence-electron chi connectivity index (χ1n) is 9.11. The second-order valence-corrected chi connectivity index (χ2v) is 6.83. The number of para-hydroxylation sites is 2. The van der Waals surface area contributed by atoms with Crippen LogP contribution in [0.4, 0.5) is 14.5 Å². The quantitative estimate of drug-likeness (QED) is 0.518. The van der Waals surface area contributed by atoms with E-state index in [0.717, 1.165) is 0 Å². The number of halogens is 2. The second kappa shape index (κ2) is 6.55. The number of aromatic nitrogens is 1. The van der Waals surface area contributed by atoms with Crippen LogP contribution in [0.3, 0.4) is 0 Å². The molecule has 150 valence electrons. The molecule has 1 aromatic heterocycles. The van der Waals surface area contributed by atoms with Gasteiger partial charge in [-0.15, -0.1) is 8.78 Å². The Morgan fingerprint density at radius 1 is 0.900 bits per heavy atom. The van der Waals surface area contributed by atoms with E-state index >= 15 is 0 Å². The van der Waals surface area contributed by atoms with E-state index in [9.17, 15) is 18.4 Å². The fourth-order valence-electron chi connectivity index (χ4n) is 3.62. The smallest absolute Gasteiger partial charge is 0.395 e. The summed E-state index contributed by atoms with van der Waals surface area (Å²) in [6, 6.07) is 18.1. The predicted molar refractivity (Wildman–Crippen MR) is 107 cm³/mol. The highest BCUT2D eigenvalue weighted by Gasteiger charge is 2.43. The van der Waals surface area contributed by atoms with Crippen molar-refractivity contribution in [3.8, 4) is 11.5 Å². The number of anilines is 1. The molecule has 0 radical (unpaired) electrons. The van der Waals surface area contributed by atoms with E-state index in [4.69, 9.17) is 0 Å². The lowest BCUT2D eigenvalue weighted by atomic mass is 10.1. The summed E-state index contributed by atoms with van der Waals surface area (Å²) in [5.41, 5.74) is 1.44. The molecule has 0 bridgehead atoms. The molecular weight excluding hydrogens is 394 g/mol. The van der Waals surface area contributed by atoms with E-state index in [-0.39, 0.29) is 35.1 Å². The Hall–Kier alpha value is -3.94. The molecule has 0 atom stereocenters.